The summed E-state index contributed by atoms with van der Waals surface area (Å²) in [5.41, 5.74) is 7.03. The summed E-state index contributed by atoms with van der Waals surface area (Å²) in [5, 5.41) is 7.10. The van der Waals surface area contributed by atoms with Crippen molar-refractivity contribution in [3.05, 3.63) is 78.6 Å². The van der Waals surface area contributed by atoms with Crippen molar-refractivity contribution in [1.29, 1.82) is 0 Å². The summed E-state index contributed by atoms with van der Waals surface area (Å²) in [6.45, 7) is 0. The first-order valence-corrected chi connectivity index (χ1v) is 12.7. The maximum absolute atomic E-state index is 2.60. The monoisotopic (exact) mass is 397 g/mol. The number of thiophene rings is 1. The Balaban J connectivity index is 1.70. The molecule has 0 atom stereocenters. The number of hydrogen-bond donors (Lipinski definition) is 0. The van der Waals surface area contributed by atoms with E-state index in [1.165, 1.54) is 38.2 Å². The molecule has 0 radical (unpaired) electrons. The Morgan fingerprint density at radius 1 is 0.857 bits per heavy atom. The third-order valence-corrected chi connectivity index (χ3v) is 12.4. The molecule has 5 heteroatoms. The Bertz CT molecular complexity index is 1510. The van der Waals surface area contributed by atoms with E-state index in [9.17, 15) is 0 Å². The summed E-state index contributed by atoms with van der Waals surface area (Å²) in [4.78, 5) is 0. The number of fused-ring (bicyclic) bond motifs is 5. The normalized spacial score (nSPS) is 17.1. The molecule has 2 aromatic carbocycles. The molecule has 0 amide bonds. The minimum absolute atomic E-state index is 1.06. The van der Waals surface area contributed by atoms with Gasteiger partial charge in [0.2, 0.25) is 0 Å². The van der Waals surface area contributed by atoms with E-state index < -0.39 is 7.41 Å². The molecule has 132 valence electrons. The Labute approximate surface area is 166 Å². The second-order valence-corrected chi connectivity index (χ2v) is 12.4. The number of hydrogen-bond acceptors (Lipinski definition) is 1. The molecule has 3 aliphatic rings. The summed E-state index contributed by atoms with van der Waals surface area (Å²) >= 11 is 1.89. The van der Waals surface area contributed by atoms with Crippen molar-refractivity contribution in [2.24, 2.45) is 0 Å². The van der Waals surface area contributed by atoms with Gasteiger partial charge in [0.05, 0.1) is 0 Å². The van der Waals surface area contributed by atoms with E-state index in [4.69, 9.17) is 0 Å². The molecule has 0 bridgehead atoms. The number of nitrogens with zero attached hydrogens (tertiary/aromatic N) is 3. The minimum atomic E-state index is -2.20. The topological polar surface area (TPSA) is 12.7 Å². The van der Waals surface area contributed by atoms with E-state index in [2.05, 4.69) is 92.3 Å². The van der Waals surface area contributed by atoms with Gasteiger partial charge < -0.3 is 0 Å². The molecular weight excluding hydrogens is 381 g/mol. The van der Waals surface area contributed by atoms with Gasteiger partial charge in [0, 0.05) is 0 Å². The van der Waals surface area contributed by atoms with Crippen LogP contribution in [0.1, 0.15) is 0 Å². The van der Waals surface area contributed by atoms with E-state index in [0.717, 1.165) is 6.29 Å². The first kappa shape index (κ1) is 14.2. The molecule has 3 nitrogen and oxygen atoms in total. The van der Waals surface area contributed by atoms with Crippen LogP contribution in [0.15, 0.2) is 78.6 Å². The first-order valence-electron chi connectivity index (χ1n) is 9.65. The molecule has 0 N–H and O–H groups in total. The van der Waals surface area contributed by atoms with Crippen LogP contribution >= 0.6 is 18.7 Å². The van der Waals surface area contributed by atoms with Crippen molar-refractivity contribution in [1.82, 2.24) is 4.68 Å². The summed E-state index contributed by atoms with van der Waals surface area (Å²) < 4.78 is 8.92. The van der Waals surface area contributed by atoms with E-state index in [1.54, 1.807) is 10.6 Å². The molecular formula is C23H16N3PS+2. The molecule has 0 saturated carbocycles. The zero-order valence-electron chi connectivity index (χ0n) is 15.0. The van der Waals surface area contributed by atoms with Gasteiger partial charge in [0.15, 0.2) is 0 Å². The third-order valence-electron chi connectivity index (χ3n) is 6.84. The van der Waals surface area contributed by atoms with Crippen LogP contribution in [0.25, 0.3) is 38.2 Å². The van der Waals surface area contributed by atoms with Gasteiger partial charge in [-0.3, -0.25) is 0 Å². The average Bonchev–Trinajstić information content (AvgIpc) is 3.43. The molecule has 6 heterocycles. The second kappa shape index (κ2) is 4.43. The predicted molar refractivity (Wildman–Crippen MR) is 115 cm³/mol. The fraction of sp³-hybridized carbons (Fsp3) is 0.0435. The molecule has 8 rings (SSSR count). The van der Waals surface area contributed by atoms with Crippen molar-refractivity contribution in [3.8, 4) is 28.1 Å². The van der Waals surface area contributed by atoms with E-state index >= 15 is 0 Å². The fourth-order valence-corrected chi connectivity index (χ4v) is 12.4. The molecule has 0 fully saturated rings. The van der Waals surface area contributed by atoms with Gasteiger partial charge in [-0.1, -0.05) is 0 Å². The summed E-state index contributed by atoms with van der Waals surface area (Å²) in [5.74, 6) is 0. The average molecular weight is 397 g/mol. The summed E-state index contributed by atoms with van der Waals surface area (Å²) in [6, 6.07) is 20.4. The van der Waals surface area contributed by atoms with Crippen molar-refractivity contribution < 1.29 is 9.02 Å². The number of benzene rings is 2. The zero-order chi connectivity index (χ0) is 18.0. The van der Waals surface area contributed by atoms with Crippen molar-refractivity contribution in [2.75, 3.05) is 0 Å². The van der Waals surface area contributed by atoms with Gasteiger partial charge in [-0.2, -0.15) is 0 Å². The third kappa shape index (κ3) is 1.31. The van der Waals surface area contributed by atoms with Crippen LogP contribution in [0, 0.1) is 0 Å². The van der Waals surface area contributed by atoms with E-state index in [0.29, 0.717) is 0 Å². The maximum atomic E-state index is 2.60. The fourth-order valence-electron chi connectivity index (χ4n) is 5.91. The van der Waals surface area contributed by atoms with Crippen LogP contribution in [0.3, 0.4) is 0 Å². The Hall–Kier alpha value is -2.81. The van der Waals surface area contributed by atoms with Crippen LogP contribution < -0.4 is 19.6 Å². The van der Waals surface area contributed by atoms with Crippen molar-refractivity contribution in [3.63, 3.8) is 0 Å². The summed E-state index contributed by atoms with van der Waals surface area (Å²) in [6.07, 6.45) is 7.87. The zero-order valence-corrected chi connectivity index (χ0v) is 16.8. The predicted octanol–water partition coefficient (Wildman–Crippen LogP) is 3.36. The molecule has 3 aliphatic heterocycles. The van der Waals surface area contributed by atoms with Crippen molar-refractivity contribution in [2.45, 2.75) is 6.29 Å². The quantitative estimate of drug-likeness (QED) is 0.281. The van der Waals surface area contributed by atoms with Crippen molar-refractivity contribution >= 4 is 39.4 Å². The van der Waals surface area contributed by atoms with Gasteiger partial charge in [0.1, 0.15) is 0 Å². The number of rotatable bonds is 0. The second-order valence-electron chi connectivity index (χ2n) is 7.96. The molecule has 5 aromatic rings. The van der Waals surface area contributed by atoms with Crippen LogP contribution in [0.2, 0.25) is 0 Å². The van der Waals surface area contributed by atoms with Gasteiger partial charge in [0.25, 0.3) is 0 Å². The SMILES string of the molecule is c1cc2c3c(c1)-c1cccc[n+]1C[PH]31c3c(ccc4scc-2c34)-n2ccc[n+]21. The van der Waals surface area contributed by atoms with Gasteiger partial charge in [-0.05, 0) is 0 Å². The van der Waals surface area contributed by atoms with Crippen LogP contribution in [-0.2, 0) is 6.29 Å². The Morgan fingerprint density at radius 2 is 1.82 bits per heavy atom. The number of pyridine rings is 1. The van der Waals surface area contributed by atoms with Gasteiger partial charge >= 0.3 is 166 Å². The molecule has 3 aromatic heterocycles. The molecule has 28 heavy (non-hydrogen) atoms. The van der Waals surface area contributed by atoms with Crippen LogP contribution in [0.4, 0.5) is 0 Å². The molecule has 0 unspecified atom stereocenters. The summed E-state index contributed by atoms with van der Waals surface area (Å²) in [7, 11) is -2.20. The first-order chi connectivity index (χ1) is 13.9. The van der Waals surface area contributed by atoms with Gasteiger partial charge in [-0.25, -0.2) is 0 Å². The van der Waals surface area contributed by atoms with E-state index in [-0.39, 0.29) is 0 Å². The molecule has 1 spiro atoms. The Kier molecular flexibility index (Phi) is 2.25. The Morgan fingerprint density at radius 3 is 2.82 bits per heavy atom. The molecule has 0 saturated heterocycles. The van der Waals surface area contributed by atoms with Crippen LogP contribution in [-0.4, -0.2) is 4.68 Å². The van der Waals surface area contributed by atoms with Gasteiger partial charge in [-0.15, -0.1) is 0 Å². The van der Waals surface area contributed by atoms with E-state index in [1.807, 2.05) is 11.3 Å². The molecule has 0 aliphatic carbocycles. The van der Waals surface area contributed by atoms with Crippen LogP contribution in [0.5, 0.6) is 0 Å². The number of aromatic nitrogens is 3. The standard InChI is InChI=1S/C23H16N3PS/c1-2-10-24-14-27-22-15(5-3-6-16(22)18(24)7-1)17-13-28-20-9-8-19(23(27)21(17)20)25-11-4-12-26(25)27/h1-13,27H,14H2/q+2.